The van der Waals surface area contributed by atoms with Crippen LogP contribution in [-0.4, -0.2) is 23.6 Å². The van der Waals surface area contributed by atoms with Gasteiger partial charge in [-0.3, -0.25) is 4.98 Å². The molecule has 0 saturated heterocycles. The number of benzene rings is 1. The average Bonchev–Trinajstić information content (AvgIpc) is 2.47. The van der Waals surface area contributed by atoms with Crippen LogP contribution in [0.15, 0.2) is 42.7 Å². The van der Waals surface area contributed by atoms with E-state index < -0.39 is 0 Å². The van der Waals surface area contributed by atoms with E-state index in [4.69, 9.17) is 0 Å². The van der Waals surface area contributed by atoms with E-state index in [1.807, 2.05) is 36.3 Å². The number of hydrogen-bond acceptors (Lipinski definition) is 4. The van der Waals surface area contributed by atoms with E-state index in [1.165, 1.54) is 0 Å². The Bertz CT molecular complexity index is 525. The second kappa shape index (κ2) is 7.01. The first-order chi connectivity index (χ1) is 9.66. The van der Waals surface area contributed by atoms with Gasteiger partial charge in [0.1, 0.15) is 0 Å². The van der Waals surface area contributed by atoms with Crippen molar-refractivity contribution in [2.75, 3.05) is 18.5 Å². The van der Waals surface area contributed by atoms with Gasteiger partial charge in [-0.15, -0.1) is 0 Å². The first-order valence-corrected chi connectivity index (χ1v) is 6.97. The van der Waals surface area contributed by atoms with Gasteiger partial charge in [-0.1, -0.05) is 32.0 Å². The maximum atomic E-state index is 4.65. The van der Waals surface area contributed by atoms with E-state index in [0.717, 1.165) is 30.3 Å². The van der Waals surface area contributed by atoms with Gasteiger partial charge in [0.05, 0.1) is 11.9 Å². The monoisotopic (exact) mass is 270 g/mol. The van der Waals surface area contributed by atoms with Crippen molar-refractivity contribution in [1.29, 1.82) is 0 Å². The van der Waals surface area contributed by atoms with E-state index in [2.05, 4.69) is 41.3 Å². The molecule has 0 atom stereocenters. The molecule has 0 unspecified atom stereocenters. The molecule has 1 aromatic carbocycles. The van der Waals surface area contributed by atoms with Crippen molar-refractivity contribution in [3.8, 4) is 0 Å². The number of hydrogen-bond donors (Lipinski definition) is 1. The summed E-state index contributed by atoms with van der Waals surface area (Å²) in [6.07, 6.45) is 3.61. The summed E-state index contributed by atoms with van der Waals surface area (Å²) in [4.78, 5) is 11.0. The predicted molar refractivity (Wildman–Crippen MR) is 83.1 cm³/mol. The Kier molecular flexibility index (Phi) is 5.07. The fourth-order valence-electron chi connectivity index (χ4n) is 1.91. The molecule has 0 bridgehead atoms. The zero-order valence-electron chi connectivity index (χ0n) is 12.4. The Morgan fingerprint density at radius 3 is 2.60 bits per heavy atom. The first-order valence-electron chi connectivity index (χ1n) is 6.97. The fraction of sp³-hybridized carbons (Fsp3) is 0.375. The Morgan fingerprint density at radius 1 is 1.15 bits per heavy atom. The molecule has 0 aliphatic rings. The maximum absolute atomic E-state index is 4.65. The van der Waals surface area contributed by atoms with E-state index >= 15 is 0 Å². The van der Waals surface area contributed by atoms with Gasteiger partial charge in [-0.25, -0.2) is 4.98 Å². The van der Waals surface area contributed by atoms with Gasteiger partial charge in [0, 0.05) is 25.5 Å². The molecular formula is C16H22N4. The van der Waals surface area contributed by atoms with Gasteiger partial charge < -0.3 is 10.2 Å². The molecule has 0 aliphatic heterocycles. The Morgan fingerprint density at radius 2 is 1.90 bits per heavy atom. The highest BCUT2D eigenvalue weighted by Crippen LogP contribution is 2.20. The molecule has 0 saturated carbocycles. The molecule has 0 amide bonds. The molecule has 0 radical (unpaired) electrons. The summed E-state index contributed by atoms with van der Waals surface area (Å²) < 4.78 is 0. The largest absolute Gasteiger partial charge is 0.328 e. The lowest BCUT2D eigenvalue weighted by Crippen LogP contribution is -2.20. The number of rotatable bonds is 6. The number of nitrogens with zero attached hydrogens (tertiary/aromatic N) is 3. The molecule has 4 heteroatoms. The van der Waals surface area contributed by atoms with E-state index in [0.29, 0.717) is 5.92 Å². The molecular weight excluding hydrogens is 248 g/mol. The van der Waals surface area contributed by atoms with Crippen molar-refractivity contribution in [2.24, 2.45) is 5.92 Å². The summed E-state index contributed by atoms with van der Waals surface area (Å²) in [7, 11) is 2.00. The third-order valence-corrected chi connectivity index (χ3v) is 3.02. The highest BCUT2D eigenvalue weighted by atomic mass is 15.2. The second-order valence-corrected chi connectivity index (χ2v) is 5.29. The van der Waals surface area contributed by atoms with Crippen LogP contribution in [0, 0.1) is 5.92 Å². The lowest BCUT2D eigenvalue weighted by molar-refractivity contribution is 0.547. The number of nitrogens with one attached hydrogen (secondary N) is 1. The van der Waals surface area contributed by atoms with Crippen molar-refractivity contribution in [3.63, 3.8) is 0 Å². The molecule has 1 N–H and O–H groups in total. The van der Waals surface area contributed by atoms with E-state index in [-0.39, 0.29) is 0 Å². The van der Waals surface area contributed by atoms with Crippen LogP contribution >= 0.6 is 0 Å². The minimum absolute atomic E-state index is 0.637. The van der Waals surface area contributed by atoms with Crippen LogP contribution in [0.25, 0.3) is 0 Å². The molecule has 4 nitrogen and oxygen atoms in total. The smallest absolute Gasteiger partial charge is 0.151 e. The molecule has 0 aliphatic carbocycles. The summed E-state index contributed by atoms with van der Waals surface area (Å²) in [5.41, 5.74) is 2.07. The Labute approximate surface area is 120 Å². The number of para-hydroxylation sites is 1. The topological polar surface area (TPSA) is 41.1 Å². The first kappa shape index (κ1) is 14.5. The summed E-state index contributed by atoms with van der Waals surface area (Å²) in [6.45, 7) is 6.12. The van der Waals surface area contributed by atoms with Gasteiger partial charge in [-0.2, -0.15) is 0 Å². The van der Waals surface area contributed by atoms with Crippen molar-refractivity contribution in [2.45, 2.75) is 20.4 Å². The Hall–Kier alpha value is -1.94. The average molecular weight is 270 g/mol. The van der Waals surface area contributed by atoms with Crippen LogP contribution in [-0.2, 0) is 6.54 Å². The molecule has 0 fully saturated rings. The molecule has 2 rings (SSSR count). The zero-order chi connectivity index (χ0) is 14.4. The molecule has 1 aromatic heterocycles. The quantitative estimate of drug-likeness (QED) is 0.876. The molecule has 1 heterocycles. The third kappa shape index (κ3) is 4.03. The van der Waals surface area contributed by atoms with Gasteiger partial charge in [-0.05, 0) is 24.6 Å². The molecule has 2 aromatic rings. The summed E-state index contributed by atoms with van der Waals surface area (Å²) in [5.74, 6) is 1.50. The minimum Gasteiger partial charge on any atom is -0.328 e. The van der Waals surface area contributed by atoms with Crippen molar-refractivity contribution in [3.05, 3.63) is 48.4 Å². The van der Waals surface area contributed by atoms with Crippen molar-refractivity contribution < 1.29 is 0 Å². The second-order valence-electron chi connectivity index (χ2n) is 5.29. The van der Waals surface area contributed by atoms with Crippen molar-refractivity contribution >= 4 is 11.5 Å². The molecule has 106 valence electrons. The van der Waals surface area contributed by atoms with E-state index in [9.17, 15) is 0 Å². The third-order valence-electron chi connectivity index (χ3n) is 3.02. The predicted octanol–water partition coefficient (Wildman–Crippen LogP) is 2.99. The van der Waals surface area contributed by atoms with Crippen LogP contribution in [0.2, 0.25) is 0 Å². The maximum Gasteiger partial charge on any atom is 0.151 e. The SMILES string of the molecule is CC(C)CNCc1cncc(N(C)c2ccccc2)n1. The summed E-state index contributed by atoms with van der Waals surface area (Å²) in [5, 5.41) is 3.39. The van der Waals surface area contributed by atoms with Crippen LogP contribution < -0.4 is 10.2 Å². The van der Waals surface area contributed by atoms with Crippen molar-refractivity contribution in [1.82, 2.24) is 15.3 Å². The number of aromatic nitrogens is 2. The van der Waals surface area contributed by atoms with E-state index in [1.54, 1.807) is 6.20 Å². The molecule has 20 heavy (non-hydrogen) atoms. The van der Waals surface area contributed by atoms with Gasteiger partial charge in [0.2, 0.25) is 0 Å². The minimum atomic E-state index is 0.637. The molecule has 0 spiro atoms. The fourth-order valence-corrected chi connectivity index (χ4v) is 1.91. The number of anilines is 2. The van der Waals surface area contributed by atoms with Crippen LogP contribution in [0.4, 0.5) is 11.5 Å². The van der Waals surface area contributed by atoms with Crippen LogP contribution in [0.5, 0.6) is 0 Å². The highest BCUT2D eigenvalue weighted by Gasteiger charge is 2.06. The standard InChI is InChI=1S/C16H22N4/c1-13(2)9-17-10-14-11-18-12-16(19-14)20(3)15-7-5-4-6-8-15/h4-8,11-13,17H,9-10H2,1-3H3. The van der Waals surface area contributed by atoms with Gasteiger partial charge in [0.25, 0.3) is 0 Å². The Balaban J connectivity index is 2.05. The van der Waals surface area contributed by atoms with Crippen LogP contribution in [0.3, 0.4) is 0 Å². The summed E-state index contributed by atoms with van der Waals surface area (Å²) in [6, 6.07) is 10.2. The lowest BCUT2D eigenvalue weighted by Gasteiger charge is -2.18. The highest BCUT2D eigenvalue weighted by molar-refractivity contribution is 5.57. The van der Waals surface area contributed by atoms with Crippen LogP contribution in [0.1, 0.15) is 19.5 Å². The zero-order valence-corrected chi connectivity index (χ0v) is 12.4. The van der Waals surface area contributed by atoms with Gasteiger partial charge in [0.15, 0.2) is 5.82 Å². The normalized spacial score (nSPS) is 10.8. The lowest BCUT2D eigenvalue weighted by atomic mass is 10.2. The summed E-state index contributed by atoms with van der Waals surface area (Å²) >= 11 is 0. The van der Waals surface area contributed by atoms with Gasteiger partial charge >= 0.3 is 0 Å².